The molecule has 0 N–H and O–H groups in total. The van der Waals surface area contributed by atoms with Crippen LogP contribution in [0.15, 0.2) is 30.4 Å². The van der Waals surface area contributed by atoms with Crippen molar-refractivity contribution in [1.82, 2.24) is 14.5 Å². The van der Waals surface area contributed by atoms with E-state index in [1.807, 2.05) is 57.5 Å². The molecule has 2 aromatic rings. The monoisotopic (exact) mass is 375 g/mol. The van der Waals surface area contributed by atoms with E-state index < -0.39 is 5.60 Å². The molecule has 0 aliphatic rings. The molecule has 5 nitrogen and oxygen atoms in total. The molecule has 0 bridgehead atoms. The number of carbonyl (C=O) groups is 1. The SMILES string of the molecule is Cc1cn(-c2ncc(/C=C(\CCCCl)C(=O)OC(C)(C)C)cc2C)cn1. The second-order valence-electron chi connectivity index (χ2n) is 7.30. The lowest BCUT2D eigenvalue weighted by Gasteiger charge is -2.20. The van der Waals surface area contributed by atoms with Gasteiger partial charge in [-0.2, -0.15) is 0 Å². The van der Waals surface area contributed by atoms with Crippen LogP contribution in [0.2, 0.25) is 0 Å². The first-order valence-electron chi connectivity index (χ1n) is 8.67. The lowest BCUT2D eigenvalue weighted by atomic mass is 10.1. The van der Waals surface area contributed by atoms with Crippen molar-refractivity contribution in [3.63, 3.8) is 0 Å². The normalized spacial score (nSPS) is 12.3. The molecule has 0 amide bonds. The summed E-state index contributed by atoms with van der Waals surface area (Å²) < 4.78 is 7.40. The molecule has 0 saturated heterocycles. The van der Waals surface area contributed by atoms with E-state index in [-0.39, 0.29) is 5.97 Å². The van der Waals surface area contributed by atoms with Gasteiger partial charge in [-0.1, -0.05) is 0 Å². The Bertz CT molecular complexity index is 804. The van der Waals surface area contributed by atoms with Gasteiger partial charge in [0.1, 0.15) is 17.7 Å². The van der Waals surface area contributed by atoms with Gasteiger partial charge in [-0.3, -0.25) is 4.57 Å². The van der Waals surface area contributed by atoms with E-state index in [4.69, 9.17) is 16.3 Å². The van der Waals surface area contributed by atoms with Crippen molar-refractivity contribution in [2.45, 2.75) is 53.1 Å². The van der Waals surface area contributed by atoms with Crippen LogP contribution >= 0.6 is 11.6 Å². The number of halogens is 1. The first-order valence-corrected chi connectivity index (χ1v) is 9.20. The van der Waals surface area contributed by atoms with Crippen molar-refractivity contribution >= 4 is 23.6 Å². The molecule has 0 aromatic carbocycles. The van der Waals surface area contributed by atoms with Crippen LogP contribution in [0.3, 0.4) is 0 Å². The molecule has 2 rings (SSSR count). The summed E-state index contributed by atoms with van der Waals surface area (Å²) in [5.41, 5.74) is 2.86. The number of alkyl halides is 1. The molecule has 140 valence electrons. The highest BCUT2D eigenvalue weighted by Gasteiger charge is 2.19. The van der Waals surface area contributed by atoms with Crippen LogP contribution in [0.1, 0.15) is 50.4 Å². The zero-order valence-corrected chi connectivity index (χ0v) is 16.8. The Labute approximate surface area is 160 Å². The Balaban J connectivity index is 2.30. The van der Waals surface area contributed by atoms with Gasteiger partial charge in [0.2, 0.25) is 0 Å². The van der Waals surface area contributed by atoms with Crippen LogP contribution in [0.25, 0.3) is 11.9 Å². The van der Waals surface area contributed by atoms with Crippen molar-refractivity contribution in [2.24, 2.45) is 0 Å². The van der Waals surface area contributed by atoms with Gasteiger partial charge in [0.05, 0.1) is 5.69 Å². The number of ether oxygens (including phenoxy) is 1. The third-order valence-electron chi connectivity index (χ3n) is 3.61. The van der Waals surface area contributed by atoms with Crippen LogP contribution in [0.5, 0.6) is 0 Å². The lowest BCUT2D eigenvalue weighted by Crippen LogP contribution is -2.25. The summed E-state index contributed by atoms with van der Waals surface area (Å²) in [6.45, 7) is 9.50. The average molecular weight is 376 g/mol. The predicted octanol–water partition coefficient (Wildman–Crippen LogP) is 4.63. The van der Waals surface area contributed by atoms with Crippen LogP contribution in [0, 0.1) is 13.8 Å². The summed E-state index contributed by atoms with van der Waals surface area (Å²) in [5.74, 6) is 1.01. The minimum Gasteiger partial charge on any atom is -0.457 e. The fourth-order valence-corrected chi connectivity index (χ4v) is 2.64. The van der Waals surface area contributed by atoms with Crippen LogP contribution in [0.4, 0.5) is 0 Å². The highest BCUT2D eigenvalue weighted by Crippen LogP contribution is 2.20. The van der Waals surface area contributed by atoms with Gasteiger partial charge in [-0.15, -0.1) is 11.6 Å². The number of aromatic nitrogens is 3. The van der Waals surface area contributed by atoms with Gasteiger partial charge >= 0.3 is 5.97 Å². The smallest absolute Gasteiger partial charge is 0.334 e. The fraction of sp³-hybridized carbons (Fsp3) is 0.450. The molecule has 2 heterocycles. The van der Waals surface area contributed by atoms with Crippen molar-refractivity contribution in [3.8, 4) is 5.82 Å². The van der Waals surface area contributed by atoms with Crippen molar-refractivity contribution < 1.29 is 9.53 Å². The van der Waals surface area contributed by atoms with Gasteiger partial charge in [0, 0.05) is 23.8 Å². The van der Waals surface area contributed by atoms with E-state index in [9.17, 15) is 4.79 Å². The molecule has 0 radical (unpaired) electrons. The number of hydrogen-bond donors (Lipinski definition) is 0. The maximum Gasteiger partial charge on any atom is 0.334 e. The van der Waals surface area contributed by atoms with Crippen molar-refractivity contribution in [1.29, 1.82) is 0 Å². The number of nitrogens with zero attached hydrogens (tertiary/aromatic N) is 3. The molecular weight excluding hydrogens is 350 g/mol. The molecule has 0 saturated carbocycles. The molecule has 26 heavy (non-hydrogen) atoms. The molecule has 0 unspecified atom stereocenters. The Hall–Kier alpha value is -2.14. The number of aryl methyl sites for hydroxylation is 2. The zero-order chi connectivity index (χ0) is 19.3. The Kier molecular flexibility index (Phi) is 6.59. The second kappa shape index (κ2) is 8.49. The van der Waals surface area contributed by atoms with Crippen molar-refractivity contribution in [2.75, 3.05) is 5.88 Å². The fourth-order valence-electron chi connectivity index (χ4n) is 2.51. The van der Waals surface area contributed by atoms with E-state index >= 15 is 0 Å². The quantitative estimate of drug-likeness (QED) is 0.419. The minimum atomic E-state index is -0.533. The summed E-state index contributed by atoms with van der Waals surface area (Å²) in [6.07, 6.45) is 8.54. The van der Waals surface area contributed by atoms with E-state index in [1.54, 1.807) is 12.5 Å². The Morgan fingerprint density at radius 2 is 2.04 bits per heavy atom. The molecule has 0 spiro atoms. The summed E-state index contributed by atoms with van der Waals surface area (Å²) in [5, 5.41) is 0. The van der Waals surface area contributed by atoms with Gasteiger partial charge in [-0.25, -0.2) is 14.8 Å². The molecule has 0 aliphatic carbocycles. The summed E-state index contributed by atoms with van der Waals surface area (Å²) in [4.78, 5) is 21.2. The topological polar surface area (TPSA) is 57.0 Å². The average Bonchev–Trinajstić information content (AvgIpc) is 2.96. The van der Waals surface area contributed by atoms with Crippen molar-refractivity contribution in [3.05, 3.63) is 47.2 Å². The molecule has 0 aliphatic heterocycles. The van der Waals surface area contributed by atoms with Gasteiger partial charge < -0.3 is 4.74 Å². The minimum absolute atomic E-state index is 0.311. The maximum absolute atomic E-state index is 12.5. The first-order chi connectivity index (χ1) is 12.2. The highest BCUT2D eigenvalue weighted by molar-refractivity contribution is 6.17. The van der Waals surface area contributed by atoms with Gasteiger partial charge in [-0.05, 0) is 70.7 Å². The summed E-state index contributed by atoms with van der Waals surface area (Å²) in [7, 11) is 0. The van der Waals surface area contributed by atoms with Crippen LogP contribution in [-0.4, -0.2) is 32.0 Å². The summed E-state index contributed by atoms with van der Waals surface area (Å²) in [6, 6.07) is 2.00. The third-order valence-corrected chi connectivity index (χ3v) is 3.88. The number of carbonyl (C=O) groups excluding carboxylic acids is 1. The number of imidazole rings is 1. The standard InChI is InChI=1S/C20H26ClN3O2/c1-14-9-16(11-22-18(14)24-12-15(2)23-13-24)10-17(7-6-8-21)19(25)26-20(3,4)5/h9-13H,6-8H2,1-5H3/b17-10+. The van der Waals surface area contributed by atoms with Gasteiger partial charge in [0.15, 0.2) is 0 Å². The predicted molar refractivity (Wildman–Crippen MR) is 105 cm³/mol. The maximum atomic E-state index is 12.5. The first kappa shape index (κ1) is 20.2. The Morgan fingerprint density at radius 3 is 2.58 bits per heavy atom. The lowest BCUT2D eigenvalue weighted by molar-refractivity contribution is -0.149. The number of rotatable bonds is 6. The second-order valence-corrected chi connectivity index (χ2v) is 7.67. The van der Waals surface area contributed by atoms with Crippen LogP contribution in [-0.2, 0) is 9.53 Å². The number of hydrogen-bond acceptors (Lipinski definition) is 4. The molecule has 6 heteroatoms. The Morgan fingerprint density at radius 1 is 1.31 bits per heavy atom. The van der Waals surface area contributed by atoms with E-state index in [2.05, 4.69) is 9.97 Å². The largest absolute Gasteiger partial charge is 0.457 e. The van der Waals surface area contributed by atoms with E-state index in [0.717, 1.165) is 22.6 Å². The van der Waals surface area contributed by atoms with Crippen LogP contribution < -0.4 is 0 Å². The highest BCUT2D eigenvalue weighted by atomic mass is 35.5. The molecule has 2 aromatic heterocycles. The summed E-state index contributed by atoms with van der Waals surface area (Å²) >= 11 is 5.80. The molecular formula is C20H26ClN3O2. The third kappa shape index (κ3) is 5.70. The van der Waals surface area contributed by atoms with E-state index in [1.165, 1.54) is 0 Å². The zero-order valence-electron chi connectivity index (χ0n) is 16.0. The number of esters is 1. The van der Waals surface area contributed by atoms with E-state index in [0.29, 0.717) is 24.3 Å². The molecule has 0 atom stereocenters. The van der Waals surface area contributed by atoms with Gasteiger partial charge in [0.25, 0.3) is 0 Å². The number of pyridine rings is 1. The molecule has 0 fully saturated rings.